The van der Waals surface area contributed by atoms with Crippen LogP contribution in [-0.2, 0) is 6.54 Å². The Labute approximate surface area is 145 Å². The van der Waals surface area contributed by atoms with Gasteiger partial charge in [0.05, 0.1) is 0 Å². The molecule has 1 unspecified atom stereocenters. The Bertz CT molecular complexity index is 733. The molecule has 25 heavy (non-hydrogen) atoms. The molecule has 0 amide bonds. The fourth-order valence-corrected chi connectivity index (χ4v) is 2.75. The number of aromatic nitrogens is 3. The Hall–Kier alpha value is -2.71. The van der Waals surface area contributed by atoms with Gasteiger partial charge in [0, 0.05) is 38.8 Å². The number of aliphatic imine (C=N–C) groups is 1. The lowest BCUT2D eigenvalue weighted by molar-refractivity contribution is 0.387. The molecule has 3 rings (SSSR count). The van der Waals surface area contributed by atoms with Crippen LogP contribution in [0.4, 0.5) is 10.2 Å². The smallest absolute Gasteiger partial charge is 0.223 e. The average molecular weight is 347 g/mol. The van der Waals surface area contributed by atoms with Crippen LogP contribution >= 0.6 is 0 Å². The van der Waals surface area contributed by atoms with E-state index in [9.17, 15) is 4.39 Å². The molecule has 2 aromatic rings. The Morgan fingerprint density at radius 3 is 3.12 bits per heavy atom. The predicted octanol–water partition coefficient (Wildman–Crippen LogP) is 1.25. The number of halogens is 1. The summed E-state index contributed by atoms with van der Waals surface area (Å²) in [6, 6.07) is 3.19. The topological polar surface area (TPSA) is 91.5 Å². The highest BCUT2D eigenvalue weighted by Crippen LogP contribution is 2.20. The van der Waals surface area contributed by atoms with Gasteiger partial charge >= 0.3 is 0 Å². The lowest BCUT2D eigenvalue weighted by Gasteiger charge is -2.19. The van der Waals surface area contributed by atoms with Gasteiger partial charge in [0.15, 0.2) is 23.4 Å². The van der Waals surface area contributed by atoms with E-state index in [0.29, 0.717) is 36.6 Å². The van der Waals surface area contributed by atoms with E-state index in [-0.39, 0.29) is 11.9 Å². The molecule has 0 spiro atoms. The van der Waals surface area contributed by atoms with Crippen molar-refractivity contribution in [2.75, 3.05) is 24.5 Å². The molecule has 0 radical (unpaired) electrons. The van der Waals surface area contributed by atoms with Crippen molar-refractivity contribution in [3.05, 3.63) is 35.9 Å². The van der Waals surface area contributed by atoms with Gasteiger partial charge in [0.1, 0.15) is 6.54 Å². The summed E-state index contributed by atoms with van der Waals surface area (Å²) in [4.78, 5) is 14.7. The molecule has 1 aliphatic rings. The van der Waals surface area contributed by atoms with Crippen LogP contribution < -0.4 is 15.5 Å². The first-order valence-electron chi connectivity index (χ1n) is 8.35. The van der Waals surface area contributed by atoms with Crippen LogP contribution in [0.5, 0.6) is 0 Å². The summed E-state index contributed by atoms with van der Waals surface area (Å²) in [6.07, 6.45) is 2.49. The van der Waals surface area contributed by atoms with Gasteiger partial charge in [0.25, 0.3) is 0 Å². The van der Waals surface area contributed by atoms with E-state index >= 15 is 0 Å². The number of hydrogen-bond acceptors (Lipinski definition) is 6. The molecule has 1 aliphatic heterocycles. The Morgan fingerprint density at radius 1 is 1.52 bits per heavy atom. The highest BCUT2D eigenvalue weighted by molar-refractivity contribution is 5.80. The zero-order chi connectivity index (χ0) is 17.6. The molecule has 0 saturated carbocycles. The standard InChI is InChI=1S/C16H22FN7O/c1-3-18-16(20-9-14-21-11(2)25-23-14)22-12-6-8-24(10-12)15-13(17)5-4-7-19-15/h4-5,7,12H,3,6,8-10H2,1-2H3,(H2,18,20,22). The molecular formula is C16H22FN7O. The lowest BCUT2D eigenvalue weighted by Crippen LogP contribution is -2.44. The fraction of sp³-hybridized carbons (Fsp3) is 0.500. The fourth-order valence-electron chi connectivity index (χ4n) is 2.75. The molecule has 3 heterocycles. The highest BCUT2D eigenvalue weighted by atomic mass is 19.1. The number of pyridine rings is 1. The zero-order valence-electron chi connectivity index (χ0n) is 14.4. The summed E-state index contributed by atoms with van der Waals surface area (Å²) in [5.41, 5.74) is 0. The highest BCUT2D eigenvalue weighted by Gasteiger charge is 2.25. The maximum Gasteiger partial charge on any atom is 0.223 e. The van der Waals surface area contributed by atoms with Crippen molar-refractivity contribution in [1.82, 2.24) is 25.8 Å². The van der Waals surface area contributed by atoms with Crippen molar-refractivity contribution in [2.24, 2.45) is 4.99 Å². The Balaban J connectivity index is 1.60. The quantitative estimate of drug-likeness (QED) is 0.621. The van der Waals surface area contributed by atoms with Gasteiger partial charge in [0.2, 0.25) is 5.89 Å². The van der Waals surface area contributed by atoms with Crippen molar-refractivity contribution < 1.29 is 8.91 Å². The monoisotopic (exact) mass is 347 g/mol. The van der Waals surface area contributed by atoms with E-state index < -0.39 is 0 Å². The number of aryl methyl sites for hydroxylation is 1. The second-order valence-corrected chi connectivity index (χ2v) is 5.81. The van der Waals surface area contributed by atoms with Crippen LogP contribution in [-0.4, -0.2) is 46.8 Å². The molecule has 0 bridgehead atoms. The minimum atomic E-state index is -0.295. The van der Waals surface area contributed by atoms with Crippen LogP contribution in [0.15, 0.2) is 27.8 Å². The number of nitrogens with zero attached hydrogens (tertiary/aromatic N) is 5. The van der Waals surface area contributed by atoms with E-state index in [4.69, 9.17) is 4.52 Å². The summed E-state index contributed by atoms with van der Waals surface area (Å²) in [6.45, 7) is 6.22. The van der Waals surface area contributed by atoms with Crippen molar-refractivity contribution in [3.63, 3.8) is 0 Å². The maximum absolute atomic E-state index is 13.9. The maximum atomic E-state index is 13.9. The van der Waals surface area contributed by atoms with E-state index in [1.54, 1.807) is 19.2 Å². The summed E-state index contributed by atoms with van der Waals surface area (Å²) in [5.74, 6) is 1.84. The summed E-state index contributed by atoms with van der Waals surface area (Å²) in [5, 5.41) is 10.4. The van der Waals surface area contributed by atoms with Crippen molar-refractivity contribution in [2.45, 2.75) is 32.9 Å². The minimum absolute atomic E-state index is 0.159. The van der Waals surface area contributed by atoms with E-state index in [2.05, 4.69) is 30.8 Å². The second kappa shape index (κ2) is 7.91. The SMILES string of the molecule is CCNC(=NCc1noc(C)n1)NC1CCN(c2ncccc2F)C1. The molecule has 9 heteroatoms. The van der Waals surface area contributed by atoms with Gasteiger partial charge in [-0.25, -0.2) is 14.4 Å². The number of anilines is 1. The first-order valence-corrected chi connectivity index (χ1v) is 8.35. The van der Waals surface area contributed by atoms with E-state index in [1.165, 1.54) is 6.07 Å². The van der Waals surface area contributed by atoms with Crippen LogP contribution in [0.2, 0.25) is 0 Å². The predicted molar refractivity (Wildman–Crippen MR) is 91.8 cm³/mol. The third kappa shape index (κ3) is 4.43. The second-order valence-electron chi connectivity index (χ2n) is 5.81. The van der Waals surface area contributed by atoms with Crippen molar-refractivity contribution in [3.8, 4) is 0 Å². The van der Waals surface area contributed by atoms with Gasteiger partial charge in [-0.1, -0.05) is 5.16 Å². The van der Waals surface area contributed by atoms with Crippen LogP contribution in [0, 0.1) is 12.7 Å². The number of rotatable bonds is 5. The van der Waals surface area contributed by atoms with Gasteiger partial charge in [-0.3, -0.25) is 0 Å². The molecule has 134 valence electrons. The van der Waals surface area contributed by atoms with Crippen LogP contribution in [0.1, 0.15) is 25.1 Å². The van der Waals surface area contributed by atoms with Crippen molar-refractivity contribution >= 4 is 11.8 Å². The molecule has 8 nitrogen and oxygen atoms in total. The Kier molecular flexibility index (Phi) is 5.42. The molecular weight excluding hydrogens is 325 g/mol. The summed E-state index contributed by atoms with van der Waals surface area (Å²) in [7, 11) is 0. The van der Waals surface area contributed by atoms with Crippen LogP contribution in [0.3, 0.4) is 0 Å². The first kappa shape index (κ1) is 17.1. The van der Waals surface area contributed by atoms with Gasteiger partial charge in [-0.15, -0.1) is 0 Å². The first-order chi connectivity index (χ1) is 12.2. The Morgan fingerprint density at radius 2 is 2.40 bits per heavy atom. The van der Waals surface area contributed by atoms with E-state index in [0.717, 1.165) is 19.5 Å². The largest absolute Gasteiger partial charge is 0.357 e. The molecule has 0 aliphatic carbocycles. The molecule has 2 aromatic heterocycles. The molecule has 1 atom stereocenters. The molecule has 1 fully saturated rings. The normalized spacial score (nSPS) is 17.8. The van der Waals surface area contributed by atoms with Gasteiger partial charge in [-0.2, -0.15) is 4.98 Å². The van der Waals surface area contributed by atoms with Gasteiger partial charge < -0.3 is 20.1 Å². The van der Waals surface area contributed by atoms with Crippen molar-refractivity contribution in [1.29, 1.82) is 0 Å². The summed E-state index contributed by atoms with van der Waals surface area (Å²) < 4.78 is 18.8. The number of nitrogens with one attached hydrogen (secondary N) is 2. The van der Waals surface area contributed by atoms with E-state index in [1.807, 2.05) is 11.8 Å². The van der Waals surface area contributed by atoms with Crippen LogP contribution in [0.25, 0.3) is 0 Å². The molecule has 2 N–H and O–H groups in total. The molecule has 1 saturated heterocycles. The third-order valence-electron chi connectivity index (χ3n) is 3.86. The average Bonchev–Trinajstić information content (AvgIpc) is 3.22. The minimum Gasteiger partial charge on any atom is -0.357 e. The lowest BCUT2D eigenvalue weighted by atomic mass is 10.3. The third-order valence-corrected chi connectivity index (χ3v) is 3.86. The zero-order valence-corrected chi connectivity index (χ0v) is 14.4. The molecule has 0 aromatic carbocycles. The number of hydrogen-bond donors (Lipinski definition) is 2. The number of guanidine groups is 1. The van der Waals surface area contributed by atoms with Gasteiger partial charge in [-0.05, 0) is 25.5 Å². The summed E-state index contributed by atoms with van der Waals surface area (Å²) >= 11 is 0.